The smallest absolute Gasteiger partial charge is 0.234 e. The minimum atomic E-state index is -0.253. The molecule has 0 aliphatic rings. The maximum absolute atomic E-state index is 12.9. The zero-order valence-corrected chi connectivity index (χ0v) is 14.8. The molecular weight excluding hydrogens is 359 g/mol. The molecule has 0 aliphatic heterocycles. The zero-order valence-electron chi connectivity index (χ0n) is 13.2. The van der Waals surface area contributed by atoms with Crippen molar-refractivity contribution in [2.45, 2.75) is 19.5 Å². The molecule has 23 heavy (non-hydrogen) atoms. The molecule has 1 atom stereocenters. The SMILES string of the molecule is C[C@H](NC(=O)CN(C)Cc1ccc(F)cc1)c1ccccc1Br. The van der Waals surface area contributed by atoms with Crippen LogP contribution in [-0.4, -0.2) is 24.4 Å². The Bertz CT molecular complexity index is 660. The van der Waals surface area contributed by atoms with Gasteiger partial charge >= 0.3 is 0 Å². The second kappa shape index (κ2) is 8.22. The van der Waals surface area contributed by atoms with Gasteiger partial charge in [0.25, 0.3) is 0 Å². The van der Waals surface area contributed by atoms with Gasteiger partial charge in [0.15, 0.2) is 0 Å². The van der Waals surface area contributed by atoms with Gasteiger partial charge in [-0.1, -0.05) is 46.3 Å². The summed E-state index contributed by atoms with van der Waals surface area (Å²) < 4.78 is 13.9. The van der Waals surface area contributed by atoms with Gasteiger partial charge in [-0.25, -0.2) is 4.39 Å². The number of likely N-dealkylation sites (N-methyl/N-ethyl adjacent to an activating group) is 1. The van der Waals surface area contributed by atoms with Crippen molar-refractivity contribution in [2.75, 3.05) is 13.6 Å². The van der Waals surface area contributed by atoms with Crippen molar-refractivity contribution in [2.24, 2.45) is 0 Å². The molecule has 5 heteroatoms. The number of hydrogen-bond donors (Lipinski definition) is 1. The Morgan fingerprint density at radius 2 is 1.87 bits per heavy atom. The molecule has 3 nitrogen and oxygen atoms in total. The van der Waals surface area contributed by atoms with Crippen LogP contribution >= 0.6 is 15.9 Å². The van der Waals surface area contributed by atoms with E-state index in [1.807, 2.05) is 43.1 Å². The van der Waals surface area contributed by atoms with Gasteiger partial charge in [0, 0.05) is 11.0 Å². The normalized spacial score (nSPS) is 12.2. The highest BCUT2D eigenvalue weighted by molar-refractivity contribution is 9.10. The molecule has 0 bridgehead atoms. The highest BCUT2D eigenvalue weighted by atomic mass is 79.9. The van der Waals surface area contributed by atoms with Crippen molar-refractivity contribution >= 4 is 21.8 Å². The molecule has 0 aromatic heterocycles. The van der Waals surface area contributed by atoms with Crippen LogP contribution in [0.3, 0.4) is 0 Å². The van der Waals surface area contributed by atoms with E-state index in [1.165, 1.54) is 12.1 Å². The fourth-order valence-electron chi connectivity index (χ4n) is 2.39. The number of carbonyl (C=O) groups is 1. The summed E-state index contributed by atoms with van der Waals surface area (Å²) in [5.74, 6) is -0.297. The first kappa shape index (κ1) is 17.6. The second-order valence-electron chi connectivity index (χ2n) is 5.61. The fraction of sp³-hybridized carbons (Fsp3) is 0.278. The van der Waals surface area contributed by atoms with Crippen LogP contribution in [0.25, 0.3) is 0 Å². The third-order valence-electron chi connectivity index (χ3n) is 3.53. The summed E-state index contributed by atoms with van der Waals surface area (Å²) in [6.45, 7) is 2.83. The van der Waals surface area contributed by atoms with Gasteiger partial charge < -0.3 is 5.32 Å². The second-order valence-corrected chi connectivity index (χ2v) is 6.46. The summed E-state index contributed by atoms with van der Waals surface area (Å²) in [5, 5.41) is 2.99. The van der Waals surface area contributed by atoms with E-state index in [0.717, 1.165) is 15.6 Å². The largest absolute Gasteiger partial charge is 0.348 e. The van der Waals surface area contributed by atoms with Crippen LogP contribution in [0.15, 0.2) is 53.0 Å². The quantitative estimate of drug-likeness (QED) is 0.826. The molecule has 1 N–H and O–H groups in total. The lowest BCUT2D eigenvalue weighted by molar-refractivity contribution is -0.122. The minimum absolute atomic E-state index is 0.0436. The number of amides is 1. The monoisotopic (exact) mass is 378 g/mol. The number of carbonyl (C=O) groups excluding carboxylic acids is 1. The Balaban J connectivity index is 1.86. The molecule has 122 valence electrons. The van der Waals surface area contributed by atoms with Crippen LogP contribution < -0.4 is 5.32 Å². The molecule has 0 radical (unpaired) electrons. The van der Waals surface area contributed by atoms with E-state index in [0.29, 0.717) is 6.54 Å². The third-order valence-corrected chi connectivity index (χ3v) is 4.25. The van der Waals surface area contributed by atoms with Crippen LogP contribution in [0.2, 0.25) is 0 Å². The van der Waals surface area contributed by atoms with Crippen molar-refractivity contribution < 1.29 is 9.18 Å². The average Bonchev–Trinajstić information content (AvgIpc) is 2.49. The maximum atomic E-state index is 12.9. The molecule has 0 saturated carbocycles. The van der Waals surface area contributed by atoms with Crippen molar-refractivity contribution in [3.63, 3.8) is 0 Å². The number of halogens is 2. The van der Waals surface area contributed by atoms with Gasteiger partial charge in [0.05, 0.1) is 12.6 Å². The third kappa shape index (κ3) is 5.44. The molecule has 0 heterocycles. The number of benzene rings is 2. The topological polar surface area (TPSA) is 32.3 Å². The summed E-state index contributed by atoms with van der Waals surface area (Å²) in [6.07, 6.45) is 0. The summed E-state index contributed by atoms with van der Waals surface area (Å²) in [6, 6.07) is 14.1. The Morgan fingerprint density at radius 1 is 1.22 bits per heavy atom. The van der Waals surface area contributed by atoms with E-state index >= 15 is 0 Å². The van der Waals surface area contributed by atoms with Crippen molar-refractivity contribution in [1.29, 1.82) is 0 Å². The Hall–Kier alpha value is -1.72. The predicted octanol–water partition coefficient (Wildman–Crippen LogP) is 3.90. The van der Waals surface area contributed by atoms with Crippen molar-refractivity contribution in [1.82, 2.24) is 10.2 Å². The first-order valence-corrected chi connectivity index (χ1v) is 8.22. The van der Waals surface area contributed by atoms with Crippen LogP contribution in [0.1, 0.15) is 24.1 Å². The van der Waals surface area contributed by atoms with Crippen molar-refractivity contribution in [3.05, 3.63) is 69.9 Å². The Labute approximate surface area is 144 Å². The maximum Gasteiger partial charge on any atom is 0.234 e. The average molecular weight is 379 g/mol. The number of nitrogens with one attached hydrogen (secondary N) is 1. The van der Waals surface area contributed by atoms with Crippen LogP contribution in [0.5, 0.6) is 0 Å². The van der Waals surface area contributed by atoms with Gasteiger partial charge in [-0.15, -0.1) is 0 Å². The molecule has 0 unspecified atom stereocenters. The molecule has 2 rings (SSSR count). The molecule has 2 aromatic carbocycles. The first-order valence-electron chi connectivity index (χ1n) is 7.42. The standard InChI is InChI=1S/C18H20BrFN2O/c1-13(16-5-3-4-6-17(16)19)21-18(23)12-22(2)11-14-7-9-15(20)10-8-14/h3-10,13H,11-12H2,1-2H3,(H,21,23)/t13-/m0/s1. The molecule has 2 aromatic rings. The number of hydrogen-bond acceptors (Lipinski definition) is 2. The Kier molecular flexibility index (Phi) is 6.30. The molecule has 0 saturated heterocycles. The summed E-state index contributed by atoms with van der Waals surface area (Å²) in [5.41, 5.74) is 2.02. The lowest BCUT2D eigenvalue weighted by atomic mass is 10.1. The van der Waals surface area contributed by atoms with E-state index in [9.17, 15) is 9.18 Å². The number of nitrogens with zero attached hydrogens (tertiary/aromatic N) is 1. The number of rotatable bonds is 6. The van der Waals surface area contributed by atoms with E-state index in [-0.39, 0.29) is 24.3 Å². The lowest BCUT2D eigenvalue weighted by Gasteiger charge is -2.20. The van der Waals surface area contributed by atoms with Gasteiger partial charge in [-0.3, -0.25) is 9.69 Å². The van der Waals surface area contributed by atoms with E-state index in [4.69, 9.17) is 0 Å². The van der Waals surface area contributed by atoms with Crippen LogP contribution in [0, 0.1) is 5.82 Å². The molecule has 1 amide bonds. The summed E-state index contributed by atoms with van der Waals surface area (Å²) in [4.78, 5) is 14.1. The fourth-order valence-corrected chi connectivity index (χ4v) is 3.02. The van der Waals surface area contributed by atoms with Gasteiger partial charge in [-0.2, -0.15) is 0 Å². The summed E-state index contributed by atoms with van der Waals surface area (Å²) in [7, 11) is 1.87. The highest BCUT2D eigenvalue weighted by Crippen LogP contribution is 2.22. The van der Waals surface area contributed by atoms with E-state index in [2.05, 4.69) is 21.2 Å². The van der Waals surface area contributed by atoms with Crippen molar-refractivity contribution in [3.8, 4) is 0 Å². The molecule has 0 fully saturated rings. The first-order chi connectivity index (χ1) is 11.0. The summed E-state index contributed by atoms with van der Waals surface area (Å²) >= 11 is 3.50. The predicted molar refractivity (Wildman–Crippen MR) is 93.4 cm³/mol. The highest BCUT2D eigenvalue weighted by Gasteiger charge is 2.13. The molecule has 0 aliphatic carbocycles. The van der Waals surface area contributed by atoms with Crippen LogP contribution in [-0.2, 0) is 11.3 Å². The van der Waals surface area contributed by atoms with Gasteiger partial charge in [0.2, 0.25) is 5.91 Å². The van der Waals surface area contributed by atoms with Crippen LogP contribution in [0.4, 0.5) is 4.39 Å². The van der Waals surface area contributed by atoms with E-state index in [1.54, 1.807) is 12.1 Å². The molecular formula is C18H20BrFN2O. The van der Waals surface area contributed by atoms with Gasteiger partial charge in [-0.05, 0) is 43.3 Å². The zero-order chi connectivity index (χ0) is 16.8. The van der Waals surface area contributed by atoms with Gasteiger partial charge in [0.1, 0.15) is 5.82 Å². The lowest BCUT2D eigenvalue weighted by Crippen LogP contribution is -2.36. The Morgan fingerprint density at radius 3 is 2.52 bits per heavy atom. The van der Waals surface area contributed by atoms with E-state index < -0.39 is 0 Å². The minimum Gasteiger partial charge on any atom is -0.348 e. The molecule has 0 spiro atoms.